The lowest BCUT2D eigenvalue weighted by molar-refractivity contribution is 0.102. The molecule has 1 atom stereocenters. The molecular weight excluding hydrogens is 258 g/mol. The summed E-state index contributed by atoms with van der Waals surface area (Å²) in [6.45, 7) is 3.81. The van der Waals surface area contributed by atoms with Crippen LogP contribution in [0, 0.1) is 0 Å². The monoisotopic (exact) mass is 279 g/mol. The number of ketones is 1. The molecule has 4 nitrogen and oxygen atoms in total. The molecule has 1 aromatic heterocycles. The zero-order chi connectivity index (χ0) is 13.6. The summed E-state index contributed by atoms with van der Waals surface area (Å²) >= 11 is 1.55. The van der Waals surface area contributed by atoms with Gasteiger partial charge >= 0.3 is 0 Å². The first-order valence-electron chi connectivity index (χ1n) is 6.94. The van der Waals surface area contributed by atoms with E-state index in [0.717, 1.165) is 35.1 Å². The van der Waals surface area contributed by atoms with Crippen molar-refractivity contribution in [2.45, 2.75) is 38.1 Å². The van der Waals surface area contributed by atoms with Gasteiger partial charge in [0.1, 0.15) is 0 Å². The third-order valence-corrected chi connectivity index (χ3v) is 5.27. The van der Waals surface area contributed by atoms with Gasteiger partial charge in [-0.05, 0) is 38.8 Å². The molecular formula is C14H21N3OS. The van der Waals surface area contributed by atoms with E-state index in [0.29, 0.717) is 12.0 Å². The van der Waals surface area contributed by atoms with E-state index in [2.05, 4.69) is 17.3 Å². The number of nitrogens with one attached hydrogen (secondary N) is 1. The van der Waals surface area contributed by atoms with Gasteiger partial charge in [-0.2, -0.15) is 0 Å². The topological polar surface area (TPSA) is 58.4 Å². The summed E-state index contributed by atoms with van der Waals surface area (Å²) in [5.41, 5.74) is 8.13. The first-order valence-corrected chi connectivity index (χ1v) is 7.76. The molecule has 1 unspecified atom stereocenters. The number of Topliss-reactive ketones (excluding diaryl/α,β-unsaturated/α-hetero) is 1. The summed E-state index contributed by atoms with van der Waals surface area (Å²) in [4.78, 5) is 14.7. The van der Waals surface area contributed by atoms with Crippen LogP contribution in [0.5, 0.6) is 0 Å². The maximum Gasteiger partial charge on any atom is 0.171 e. The zero-order valence-corrected chi connectivity index (χ0v) is 12.3. The Balaban J connectivity index is 1.87. The molecule has 0 aromatic carbocycles. The molecule has 2 aliphatic rings. The molecule has 19 heavy (non-hydrogen) atoms. The molecule has 5 heteroatoms. The molecule has 0 spiro atoms. The molecule has 1 aliphatic heterocycles. The Morgan fingerprint density at radius 1 is 1.42 bits per heavy atom. The Morgan fingerprint density at radius 2 is 2.16 bits per heavy atom. The normalized spacial score (nSPS) is 23.8. The van der Waals surface area contributed by atoms with Gasteiger partial charge in [0, 0.05) is 25.1 Å². The van der Waals surface area contributed by atoms with E-state index in [1.165, 1.54) is 18.4 Å². The number of carbonyl (C=O) groups excluding carboxylic acids is 1. The Morgan fingerprint density at radius 3 is 2.68 bits per heavy atom. The van der Waals surface area contributed by atoms with Gasteiger partial charge in [0.05, 0.1) is 15.6 Å². The molecule has 1 saturated carbocycles. The van der Waals surface area contributed by atoms with Gasteiger partial charge in [0.25, 0.3) is 0 Å². The average Bonchev–Trinajstić information content (AvgIpc) is 3.01. The van der Waals surface area contributed by atoms with Gasteiger partial charge in [-0.3, -0.25) is 4.79 Å². The van der Waals surface area contributed by atoms with Crippen molar-refractivity contribution in [3.8, 4) is 0 Å². The fourth-order valence-electron chi connectivity index (χ4n) is 2.84. The molecule has 3 rings (SSSR count). The lowest BCUT2D eigenvalue weighted by atomic mass is 10.1. The Hall–Kier alpha value is -1.07. The number of nitrogens with two attached hydrogens (primary N) is 1. The molecule has 0 radical (unpaired) electrons. The minimum atomic E-state index is 0.0842. The number of hydrogen-bond acceptors (Lipinski definition) is 5. The van der Waals surface area contributed by atoms with Crippen LogP contribution in [-0.2, 0) is 0 Å². The number of anilines is 2. The summed E-state index contributed by atoms with van der Waals surface area (Å²) in [6, 6.07) is 0.486. The van der Waals surface area contributed by atoms with Crippen molar-refractivity contribution in [2.75, 3.05) is 31.2 Å². The number of nitrogen functional groups attached to an aromatic ring is 1. The highest BCUT2D eigenvalue weighted by molar-refractivity contribution is 7.18. The molecule has 2 fully saturated rings. The molecule has 1 aliphatic carbocycles. The second-order valence-corrected chi connectivity index (χ2v) is 6.83. The minimum Gasteiger partial charge on any atom is -0.397 e. The number of thiophene rings is 1. The molecule has 1 aromatic rings. The van der Waals surface area contributed by atoms with Crippen LogP contribution in [0.3, 0.4) is 0 Å². The van der Waals surface area contributed by atoms with Crippen LogP contribution in [0.4, 0.5) is 10.7 Å². The second-order valence-electron chi connectivity index (χ2n) is 5.81. The summed E-state index contributed by atoms with van der Waals surface area (Å²) in [6.07, 6.45) is 3.57. The van der Waals surface area contributed by atoms with Crippen molar-refractivity contribution in [2.24, 2.45) is 0 Å². The zero-order valence-electron chi connectivity index (χ0n) is 11.5. The number of carbonyl (C=O) groups is 1. The number of nitrogens with zero attached hydrogens (tertiary/aromatic N) is 1. The molecule has 104 valence electrons. The highest BCUT2D eigenvalue weighted by atomic mass is 32.1. The van der Waals surface area contributed by atoms with E-state index in [-0.39, 0.29) is 5.78 Å². The number of likely N-dealkylation sites (tertiary alicyclic amines) is 1. The van der Waals surface area contributed by atoms with E-state index in [1.807, 2.05) is 0 Å². The summed E-state index contributed by atoms with van der Waals surface area (Å²) in [5, 5.41) is 4.77. The lowest BCUT2D eigenvalue weighted by Crippen LogP contribution is -2.23. The lowest BCUT2D eigenvalue weighted by Gasteiger charge is -2.14. The van der Waals surface area contributed by atoms with Crippen LogP contribution in [0.25, 0.3) is 0 Å². The van der Waals surface area contributed by atoms with E-state index in [4.69, 9.17) is 5.73 Å². The Labute approximate surface area is 118 Å². The fourth-order valence-corrected chi connectivity index (χ4v) is 4.02. The van der Waals surface area contributed by atoms with Crippen molar-refractivity contribution < 1.29 is 4.79 Å². The quantitative estimate of drug-likeness (QED) is 0.832. The second kappa shape index (κ2) is 4.80. The Kier molecular flexibility index (Phi) is 3.27. The van der Waals surface area contributed by atoms with Crippen LogP contribution >= 0.6 is 11.3 Å². The predicted molar refractivity (Wildman–Crippen MR) is 80.2 cm³/mol. The van der Waals surface area contributed by atoms with Crippen LogP contribution in [0.1, 0.15) is 47.3 Å². The SMILES string of the molecule is CC(=O)c1sc(NC2CCN(C)C2)c(C2CC2)c1N. The number of rotatable bonds is 4. The maximum absolute atomic E-state index is 11.7. The summed E-state index contributed by atoms with van der Waals surface area (Å²) in [5.74, 6) is 0.659. The molecule has 1 saturated heterocycles. The summed E-state index contributed by atoms with van der Waals surface area (Å²) in [7, 11) is 2.15. The van der Waals surface area contributed by atoms with Crippen molar-refractivity contribution >= 4 is 27.8 Å². The van der Waals surface area contributed by atoms with Crippen molar-refractivity contribution in [1.29, 1.82) is 0 Å². The summed E-state index contributed by atoms with van der Waals surface area (Å²) < 4.78 is 0. The first-order chi connectivity index (χ1) is 9.06. The third kappa shape index (κ3) is 2.49. The van der Waals surface area contributed by atoms with E-state index in [1.54, 1.807) is 18.3 Å². The van der Waals surface area contributed by atoms with Gasteiger partial charge in [-0.15, -0.1) is 11.3 Å². The van der Waals surface area contributed by atoms with Gasteiger partial charge < -0.3 is 16.0 Å². The smallest absolute Gasteiger partial charge is 0.171 e. The highest BCUT2D eigenvalue weighted by Crippen LogP contribution is 2.51. The minimum absolute atomic E-state index is 0.0842. The Bertz CT molecular complexity index is 507. The third-order valence-electron chi connectivity index (χ3n) is 4.02. The molecule has 0 amide bonds. The van der Waals surface area contributed by atoms with Crippen molar-refractivity contribution in [3.63, 3.8) is 0 Å². The standard InChI is InChI=1S/C14H21N3OS/c1-8(18)13-12(15)11(9-3-4-9)14(19-13)16-10-5-6-17(2)7-10/h9-10,16H,3-7,15H2,1-2H3. The largest absolute Gasteiger partial charge is 0.397 e. The van der Waals surface area contributed by atoms with Gasteiger partial charge in [0.2, 0.25) is 0 Å². The van der Waals surface area contributed by atoms with Crippen LogP contribution in [0.15, 0.2) is 0 Å². The number of hydrogen-bond donors (Lipinski definition) is 2. The maximum atomic E-state index is 11.7. The molecule has 2 heterocycles. The number of likely N-dealkylation sites (N-methyl/N-ethyl adjacent to an activating group) is 1. The van der Waals surface area contributed by atoms with Crippen LogP contribution < -0.4 is 11.1 Å². The van der Waals surface area contributed by atoms with Gasteiger partial charge in [0.15, 0.2) is 5.78 Å². The average molecular weight is 279 g/mol. The predicted octanol–water partition coefficient (Wildman–Crippen LogP) is 2.53. The fraction of sp³-hybridized carbons (Fsp3) is 0.643. The van der Waals surface area contributed by atoms with Crippen molar-refractivity contribution in [1.82, 2.24) is 4.90 Å². The van der Waals surface area contributed by atoms with Crippen LogP contribution in [-0.4, -0.2) is 36.9 Å². The van der Waals surface area contributed by atoms with Gasteiger partial charge in [-0.1, -0.05) is 0 Å². The van der Waals surface area contributed by atoms with E-state index >= 15 is 0 Å². The van der Waals surface area contributed by atoms with Crippen LogP contribution in [0.2, 0.25) is 0 Å². The molecule has 3 N–H and O–H groups in total. The van der Waals surface area contributed by atoms with Crippen molar-refractivity contribution in [3.05, 3.63) is 10.4 Å². The highest BCUT2D eigenvalue weighted by Gasteiger charge is 2.33. The van der Waals surface area contributed by atoms with E-state index in [9.17, 15) is 4.79 Å². The molecule has 0 bridgehead atoms. The van der Waals surface area contributed by atoms with E-state index < -0.39 is 0 Å². The van der Waals surface area contributed by atoms with Gasteiger partial charge in [-0.25, -0.2) is 0 Å². The first kappa shape index (κ1) is 12.9.